The maximum absolute atomic E-state index is 12.3. The predicted molar refractivity (Wildman–Crippen MR) is 85.5 cm³/mol. The Labute approximate surface area is 127 Å². The number of anilines is 1. The fraction of sp³-hybridized carbons (Fsp3) is 0.588. The maximum Gasteiger partial charge on any atom is 0.236 e. The average molecular weight is 287 g/mol. The summed E-state index contributed by atoms with van der Waals surface area (Å²) in [5.74, 6) is 0.322. The molecular weight excluding hydrogens is 262 g/mol. The van der Waals surface area contributed by atoms with E-state index < -0.39 is 0 Å². The van der Waals surface area contributed by atoms with Gasteiger partial charge in [-0.3, -0.25) is 9.69 Å². The lowest BCUT2D eigenvalue weighted by atomic mass is 10.1. The highest BCUT2D eigenvalue weighted by atomic mass is 16.2. The van der Waals surface area contributed by atoms with Crippen molar-refractivity contribution in [1.29, 1.82) is 0 Å². The van der Waals surface area contributed by atoms with Gasteiger partial charge in [0, 0.05) is 45.0 Å². The molecule has 2 saturated heterocycles. The summed E-state index contributed by atoms with van der Waals surface area (Å²) in [7, 11) is 0. The van der Waals surface area contributed by atoms with E-state index in [0.29, 0.717) is 12.5 Å². The number of piperazine rings is 1. The number of nitrogens with zero attached hydrogens (tertiary/aromatic N) is 3. The molecular formula is C17H25N3O. The van der Waals surface area contributed by atoms with E-state index in [2.05, 4.69) is 40.1 Å². The second-order valence-electron chi connectivity index (χ2n) is 6.04. The van der Waals surface area contributed by atoms with Crippen LogP contribution in [0.4, 0.5) is 5.69 Å². The van der Waals surface area contributed by atoms with Crippen LogP contribution in [0.5, 0.6) is 0 Å². The number of carbonyl (C=O) groups excluding carboxylic acids is 1. The highest BCUT2D eigenvalue weighted by Crippen LogP contribution is 2.16. The van der Waals surface area contributed by atoms with Crippen molar-refractivity contribution in [2.75, 3.05) is 50.7 Å². The van der Waals surface area contributed by atoms with Crippen LogP contribution < -0.4 is 4.90 Å². The van der Waals surface area contributed by atoms with Gasteiger partial charge in [0.05, 0.1) is 6.54 Å². The summed E-state index contributed by atoms with van der Waals surface area (Å²) in [6, 6.07) is 10.5. The topological polar surface area (TPSA) is 26.8 Å². The molecule has 21 heavy (non-hydrogen) atoms. The van der Waals surface area contributed by atoms with Crippen molar-refractivity contribution in [3.05, 3.63) is 30.3 Å². The van der Waals surface area contributed by atoms with E-state index >= 15 is 0 Å². The highest BCUT2D eigenvalue weighted by molar-refractivity contribution is 5.78. The Balaban J connectivity index is 1.46. The second-order valence-corrected chi connectivity index (χ2v) is 6.04. The van der Waals surface area contributed by atoms with E-state index in [4.69, 9.17) is 0 Å². The van der Waals surface area contributed by atoms with Crippen LogP contribution in [0, 0.1) is 0 Å². The van der Waals surface area contributed by atoms with E-state index in [0.717, 1.165) is 39.3 Å². The minimum absolute atomic E-state index is 0.322. The molecule has 0 aromatic heterocycles. The molecule has 2 fully saturated rings. The Kier molecular flexibility index (Phi) is 4.76. The summed E-state index contributed by atoms with van der Waals surface area (Å²) in [5, 5.41) is 0. The Morgan fingerprint density at radius 2 is 1.52 bits per heavy atom. The Morgan fingerprint density at radius 1 is 0.857 bits per heavy atom. The molecule has 3 rings (SSSR count). The molecule has 0 bridgehead atoms. The molecule has 1 aromatic carbocycles. The van der Waals surface area contributed by atoms with Gasteiger partial charge in [-0.05, 0) is 31.4 Å². The van der Waals surface area contributed by atoms with Crippen LogP contribution in [0.2, 0.25) is 0 Å². The summed E-state index contributed by atoms with van der Waals surface area (Å²) < 4.78 is 0. The summed E-state index contributed by atoms with van der Waals surface area (Å²) in [6.07, 6.45) is 3.63. The van der Waals surface area contributed by atoms with E-state index in [9.17, 15) is 4.79 Å². The van der Waals surface area contributed by atoms with Crippen molar-refractivity contribution >= 4 is 11.6 Å². The van der Waals surface area contributed by atoms with Gasteiger partial charge in [0.25, 0.3) is 0 Å². The SMILES string of the molecule is O=C(CN1CCN(c2ccccc2)CC1)N1CCCCC1. The van der Waals surface area contributed by atoms with E-state index in [1.807, 2.05) is 4.90 Å². The third-order valence-corrected chi connectivity index (χ3v) is 4.56. The molecule has 0 aliphatic carbocycles. The van der Waals surface area contributed by atoms with E-state index in [-0.39, 0.29) is 0 Å². The fourth-order valence-electron chi connectivity index (χ4n) is 3.24. The first-order valence-electron chi connectivity index (χ1n) is 8.13. The average Bonchev–Trinajstić information content (AvgIpc) is 2.57. The summed E-state index contributed by atoms with van der Waals surface area (Å²) in [4.78, 5) is 19.0. The third kappa shape index (κ3) is 3.76. The van der Waals surface area contributed by atoms with Gasteiger partial charge >= 0.3 is 0 Å². The van der Waals surface area contributed by atoms with Crippen LogP contribution in [-0.2, 0) is 4.79 Å². The van der Waals surface area contributed by atoms with Gasteiger partial charge in [0.2, 0.25) is 5.91 Å². The number of likely N-dealkylation sites (tertiary alicyclic amines) is 1. The molecule has 1 aromatic rings. The van der Waals surface area contributed by atoms with Crippen LogP contribution in [0.3, 0.4) is 0 Å². The van der Waals surface area contributed by atoms with Crippen molar-refractivity contribution in [1.82, 2.24) is 9.80 Å². The largest absolute Gasteiger partial charge is 0.369 e. The lowest BCUT2D eigenvalue weighted by molar-refractivity contribution is -0.133. The number of hydrogen-bond acceptors (Lipinski definition) is 3. The molecule has 0 N–H and O–H groups in total. The number of benzene rings is 1. The van der Waals surface area contributed by atoms with Gasteiger partial charge in [0.15, 0.2) is 0 Å². The first-order chi connectivity index (χ1) is 10.3. The minimum Gasteiger partial charge on any atom is -0.369 e. The summed E-state index contributed by atoms with van der Waals surface area (Å²) in [5.41, 5.74) is 1.29. The van der Waals surface area contributed by atoms with Gasteiger partial charge in [-0.25, -0.2) is 0 Å². The molecule has 2 heterocycles. The van der Waals surface area contributed by atoms with Gasteiger partial charge in [0.1, 0.15) is 0 Å². The van der Waals surface area contributed by atoms with Gasteiger partial charge in [-0.2, -0.15) is 0 Å². The number of amides is 1. The molecule has 1 amide bonds. The van der Waals surface area contributed by atoms with E-state index in [1.54, 1.807) is 0 Å². The Bertz CT molecular complexity index is 448. The standard InChI is InChI=1S/C17H25N3O/c21-17(20-9-5-2-6-10-20)15-18-11-13-19(14-12-18)16-7-3-1-4-8-16/h1,3-4,7-8H,2,5-6,9-15H2. The van der Waals surface area contributed by atoms with Crippen molar-refractivity contribution in [3.8, 4) is 0 Å². The summed E-state index contributed by atoms with van der Waals surface area (Å²) >= 11 is 0. The molecule has 2 aliphatic heterocycles. The van der Waals surface area contributed by atoms with Crippen LogP contribution in [0.1, 0.15) is 19.3 Å². The molecule has 4 heteroatoms. The van der Waals surface area contributed by atoms with Crippen LogP contribution in [-0.4, -0.2) is 61.5 Å². The number of hydrogen-bond donors (Lipinski definition) is 0. The second kappa shape index (κ2) is 6.94. The van der Waals surface area contributed by atoms with Gasteiger partial charge in [-0.1, -0.05) is 18.2 Å². The number of rotatable bonds is 3. The number of para-hydroxylation sites is 1. The van der Waals surface area contributed by atoms with Crippen molar-refractivity contribution in [2.24, 2.45) is 0 Å². The zero-order chi connectivity index (χ0) is 14.5. The molecule has 0 saturated carbocycles. The molecule has 0 atom stereocenters. The molecule has 0 unspecified atom stereocenters. The normalized spacial score (nSPS) is 20.6. The van der Waals surface area contributed by atoms with Crippen LogP contribution >= 0.6 is 0 Å². The predicted octanol–water partition coefficient (Wildman–Crippen LogP) is 1.82. The van der Waals surface area contributed by atoms with Crippen molar-refractivity contribution < 1.29 is 4.79 Å². The maximum atomic E-state index is 12.3. The number of piperidine rings is 1. The Hall–Kier alpha value is -1.55. The van der Waals surface area contributed by atoms with E-state index in [1.165, 1.54) is 24.9 Å². The molecule has 114 valence electrons. The smallest absolute Gasteiger partial charge is 0.236 e. The monoisotopic (exact) mass is 287 g/mol. The summed E-state index contributed by atoms with van der Waals surface area (Å²) in [6.45, 7) is 6.51. The van der Waals surface area contributed by atoms with Crippen molar-refractivity contribution in [2.45, 2.75) is 19.3 Å². The van der Waals surface area contributed by atoms with Crippen molar-refractivity contribution in [3.63, 3.8) is 0 Å². The third-order valence-electron chi connectivity index (χ3n) is 4.56. The molecule has 0 radical (unpaired) electrons. The van der Waals surface area contributed by atoms with Gasteiger partial charge < -0.3 is 9.80 Å². The highest BCUT2D eigenvalue weighted by Gasteiger charge is 2.22. The molecule has 4 nitrogen and oxygen atoms in total. The fourth-order valence-corrected chi connectivity index (χ4v) is 3.24. The van der Waals surface area contributed by atoms with Crippen LogP contribution in [0.25, 0.3) is 0 Å². The first kappa shape index (κ1) is 14.4. The zero-order valence-corrected chi connectivity index (χ0v) is 12.7. The molecule has 0 spiro atoms. The molecule has 2 aliphatic rings. The minimum atomic E-state index is 0.322. The zero-order valence-electron chi connectivity index (χ0n) is 12.7. The number of carbonyl (C=O) groups is 1. The lowest BCUT2D eigenvalue weighted by Crippen LogP contribution is -2.50. The quantitative estimate of drug-likeness (QED) is 0.848. The lowest BCUT2D eigenvalue weighted by Gasteiger charge is -2.37. The Morgan fingerprint density at radius 3 is 2.19 bits per heavy atom. The first-order valence-corrected chi connectivity index (χ1v) is 8.13. The van der Waals surface area contributed by atoms with Gasteiger partial charge in [-0.15, -0.1) is 0 Å². The van der Waals surface area contributed by atoms with Crippen LogP contribution in [0.15, 0.2) is 30.3 Å².